The zero-order valence-electron chi connectivity index (χ0n) is 22.5. The molecule has 0 amide bonds. The third-order valence-electron chi connectivity index (χ3n) is 8.22. The van der Waals surface area contributed by atoms with E-state index in [1.54, 1.807) is 12.1 Å². The van der Waals surface area contributed by atoms with Gasteiger partial charge in [-0.25, -0.2) is 13.8 Å². The Morgan fingerprint density at radius 1 is 0.897 bits per heavy atom. The number of nitrogens with zero attached hydrogens (tertiary/aromatic N) is 6. The van der Waals surface area contributed by atoms with Gasteiger partial charge in [0.25, 0.3) is 6.43 Å². The number of halogens is 2. The standard InChI is InChI=1S/C28H37F2N7O2/c1-19-2-7-22-23(16-19)37(27(32-22)26(29)30)25-17-24(36-10-14-39-15-11-36)33-28(34-25)31-18-20-3-5-21(6-4-20)35-8-12-38-13-9-35/h2,7,16-17,20-21,26H,3-6,8-15,18H2,1H3,(H,31,33,34). The lowest BCUT2D eigenvalue weighted by atomic mass is 9.85. The number of ether oxygens (including phenoxy) is 2. The molecule has 1 aliphatic carbocycles. The normalized spacial score (nSPS) is 23.0. The summed E-state index contributed by atoms with van der Waals surface area (Å²) in [5, 5.41) is 3.46. The van der Waals surface area contributed by atoms with Crippen molar-refractivity contribution in [3.05, 3.63) is 35.7 Å². The molecule has 2 aromatic heterocycles. The molecule has 0 atom stereocenters. The van der Waals surface area contributed by atoms with Crippen LogP contribution < -0.4 is 10.2 Å². The Bertz CT molecular complexity index is 1270. The molecule has 2 aliphatic heterocycles. The molecule has 3 fully saturated rings. The minimum atomic E-state index is -2.74. The molecular formula is C28H37F2N7O2. The molecule has 0 bridgehead atoms. The van der Waals surface area contributed by atoms with Crippen molar-refractivity contribution in [1.29, 1.82) is 0 Å². The maximum absolute atomic E-state index is 14.2. The highest BCUT2D eigenvalue weighted by molar-refractivity contribution is 5.79. The lowest BCUT2D eigenvalue weighted by Crippen LogP contribution is -2.45. The average molecular weight is 542 g/mol. The number of aryl methyl sites for hydroxylation is 1. The van der Waals surface area contributed by atoms with Crippen molar-refractivity contribution in [1.82, 2.24) is 24.4 Å². The Labute approximate surface area is 227 Å². The molecule has 9 nitrogen and oxygen atoms in total. The molecule has 11 heteroatoms. The zero-order chi connectivity index (χ0) is 26.8. The number of morpholine rings is 2. The van der Waals surface area contributed by atoms with Crippen molar-refractivity contribution in [3.63, 3.8) is 0 Å². The number of hydrogen-bond donors (Lipinski definition) is 1. The number of anilines is 2. The number of rotatable bonds is 7. The van der Waals surface area contributed by atoms with Crippen molar-refractivity contribution < 1.29 is 18.3 Å². The first-order valence-corrected chi connectivity index (χ1v) is 14.1. The van der Waals surface area contributed by atoms with E-state index in [4.69, 9.17) is 19.4 Å². The van der Waals surface area contributed by atoms with E-state index in [9.17, 15) is 8.78 Å². The number of benzene rings is 1. The van der Waals surface area contributed by atoms with E-state index in [1.165, 1.54) is 17.4 Å². The van der Waals surface area contributed by atoms with Crippen LogP contribution >= 0.6 is 0 Å². The van der Waals surface area contributed by atoms with E-state index in [0.29, 0.717) is 66.9 Å². The summed E-state index contributed by atoms with van der Waals surface area (Å²) in [6.07, 6.45) is 1.92. The van der Waals surface area contributed by atoms with Crippen LogP contribution in [0.4, 0.5) is 20.5 Å². The first-order valence-electron chi connectivity index (χ1n) is 14.1. The van der Waals surface area contributed by atoms with Crippen LogP contribution in [0.5, 0.6) is 0 Å². The van der Waals surface area contributed by atoms with Crippen LogP contribution in [-0.4, -0.2) is 89.6 Å². The molecule has 2 saturated heterocycles. The van der Waals surface area contributed by atoms with Gasteiger partial charge in [0.15, 0.2) is 5.82 Å². The summed E-state index contributed by atoms with van der Waals surface area (Å²) in [4.78, 5) is 18.5. The number of hydrogen-bond acceptors (Lipinski definition) is 8. The molecule has 4 heterocycles. The third-order valence-corrected chi connectivity index (χ3v) is 8.22. The molecule has 0 spiro atoms. The minimum absolute atomic E-state index is 0.311. The number of fused-ring (bicyclic) bond motifs is 1. The monoisotopic (exact) mass is 541 g/mol. The van der Waals surface area contributed by atoms with Crippen molar-refractivity contribution in [2.45, 2.75) is 45.1 Å². The first-order chi connectivity index (χ1) is 19.0. The van der Waals surface area contributed by atoms with Gasteiger partial charge in [-0.15, -0.1) is 0 Å². The molecule has 1 saturated carbocycles. The van der Waals surface area contributed by atoms with Crippen molar-refractivity contribution in [2.24, 2.45) is 5.92 Å². The van der Waals surface area contributed by atoms with Crippen molar-refractivity contribution in [3.8, 4) is 5.82 Å². The molecule has 6 rings (SSSR count). The van der Waals surface area contributed by atoms with Gasteiger partial charge in [0, 0.05) is 44.8 Å². The highest BCUT2D eigenvalue weighted by Crippen LogP contribution is 2.31. The van der Waals surface area contributed by atoms with E-state index in [-0.39, 0.29) is 5.82 Å². The summed E-state index contributed by atoms with van der Waals surface area (Å²) in [6.45, 7) is 9.00. The Hall–Kier alpha value is -2.89. The van der Waals surface area contributed by atoms with Crippen molar-refractivity contribution >= 4 is 22.8 Å². The quantitative estimate of drug-likeness (QED) is 0.477. The van der Waals surface area contributed by atoms with Gasteiger partial charge in [-0.2, -0.15) is 9.97 Å². The highest BCUT2D eigenvalue weighted by Gasteiger charge is 2.28. The van der Waals surface area contributed by atoms with Gasteiger partial charge in [0.2, 0.25) is 5.95 Å². The van der Waals surface area contributed by atoms with E-state index in [2.05, 4.69) is 20.1 Å². The fourth-order valence-corrected chi connectivity index (χ4v) is 6.05. The van der Waals surface area contributed by atoms with Crippen LogP contribution in [0.15, 0.2) is 24.3 Å². The molecule has 1 aromatic carbocycles. The zero-order valence-corrected chi connectivity index (χ0v) is 22.5. The van der Waals surface area contributed by atoms with Crippen LogP contribution in [0, 0.1) is 12.8 Å². The first kappa shape index (κ1) is 26.3. The summed E-state index contributed by atoms with van der Waals surface area (Å²) in [5.74, 6) is 1.77. The lowest BCUT2D eigenvalue weighted by molar-refractivity contribution is 0.00539. The Morgan fingerprint density at radius 2 is 1.59 bits per heavy atom. The van der Waals surface area contributed by atoms with E-state index in [0.717, 1.165) is 51.3 Å². The van der Waals surface area contributed by atoms with Crippen LogP contribution in [0.2, 0.25) is 0 Å². The summed E-state index contributed by atoms with van der Waals surface area (Å²) in [6, 6.07) is 7.98. The van der Waals surface area contributed by atoms with Crippen LogP contribution in [-0.2, 0) is 9.47 Å². The maximum Gasteiger partial charge on any atom is 0.296 e. The Kier molecular flexibility index (Phi) is 7.90. The Morgan fingerprint density at radius 3 is 2.31 bits per heavy atom. The number of aromatic nitrogens is 4. The van der Waals surface area contributed by atoms with Crippen LogP contribution in [0.3, 0.4) is 0 Å². The number of alkyl halides is 2. The highest BCUT2D eigenvalue weighted by atomic mass is 19.3. The third kappa shape index (κ3) is 5.85. The summed E-state index contributed by atoms with van der Waals surface area (Å²) < 4.78 is 40.9. The van der Waals surface area contributed by atoms with Crippen molar-refractivity contribution in [2.75, 3.05) is 69.4 Å². The second-order valence-electron chi connectivity index (χ2n) is 10.8. The number of nitrogens with one attached hydrogen (secondary N) is 1. The molecule has 210 valence electrons. The van der Waals surface area contributed by atoms with Gasteiger partial charge in [-0.3, -0.25) is 9.47 Å². The molecular weight excluding hydrogens is 504 g/mol. The summed E-state index contributed by atoms with van der Waals surface area (Å²) in [5.41, 5.74) is 2.11. The average Bonchev–Trinajstić information content (AvgIpc) is 3.36. The van der Waals surface area contributed by atoms with Crippen LogP contribution in [0.25, 0.3) is 16.9 Å². The van der Waals surface area contributed by atoms with Gasteiger partial charge in [0.1, 0.15) is 11.6 Å². The molecule has 0 radical (unpaired) electrons. The fourth-order valence-electron chi connectivity index (χ4n) is 6.05. The predicted octanol–water partition coefficient (Wildman–Crippen LogP) is 4.20. The predicted molar refractivity (Wildman–Crippen MR) is 146 cm³/mol. The largest absolute Gasteiger partial charge is 0.379 e. The smallest absolute Gasteiger partial charge is 0.296 e. The van der Waals surface area contributed by atoms with E-state index < -0.39 is 6.43 Å². The molecule has 3 aromatic rings. The second-order valence-corrected chi connectivity index (χ2v) is 10.8. The molecule has 39 heavy (non-hydrogen) atoms. The number of imidazole rings is 1. The maximum atomic E-state index is 14.2. The topological polar surface area (TPSA) is 80.6 Å². The minimum Gasteiger partial charge on any atom is -0.379 e. The van der Waals surface area contributed by atoms with E-state index >= 15 is 0 Å². The summed E-state index contributed by atoms with van der Waals surface area (Å²) >= 11 is 0. The SMILES string of the molecule is Cc1ccc2nc(C(F)F)n(-c3cc(N4CCOCC4)nc(NCC4CCC(N5CCOCC5)CC4)n3)c2c1. The summed E-state index contributed by atoms with van der Waals surface area (Å²) in [7, 11) is 0. The van der Waals surface area contributed by atoms with Crippen LogP contribution in [0.1, 0.15) is 43.5 Å². The molecule has 0 unspecified atom stereocenters. The van der Waals surface area contributed by atoms with E-state index in [1.807, 2.05) is 19.1 Å². The van der Waals surface area contributed by atoms with Gasteiger partial charge in [-0.1, -0.05) is 6.07 Å². The fraction of sp³-hybridized carbons (Fsp3) is 0.607. The molecule has 1 N–H and O–H groups in total. The van der Waals surface area contributed by atoms with Gasteiger partial charge in [0.05, 0.1) is 37.5 Å². The van der Waals surface area contributed by atoms with Gasteiger partial charge >= 0.3 is 0 Å². The molecule has 3 aliphatic rings. The Balaban J connectivity index is 1.25. The van der Waals surface area contributed by atoms with Gasteiger partial charge in [-0.05, 0) is 56.2 Å². The van der Waals surface area contributed by atoms with Gasteiger partial charge < -0.3 is 19.7 Å². The second kappa shape index (κ2) is 11.7. The lowest BCUT2D eigenvalue weighted by Gasteiger charge is -2.38.